The molecule has 1 heterocycles. The number of carbonyl (C=O) groups excluding carboxylic acids is 1. The molecule has 0 radical (unpaired) electrons. The molecule has 3 rings (SSSR count). The van der Waals surface area contributed by atoms with Crippen LogP contribution in [0.1, 0.15) is 0 Å². The molecule has 0 aliphatic carbocycles. The molecule has 0 spiro atoms. The lowest BCUT2D eigenvalue weighted by Gasteiger charge is -2.09. The number of benzene rings is 2. The van der Waals surface area contributed by atoms with Gasteiger partial charge in [0.05, 0.1) is 19.3 Å². The largest absolute Gasteiger partial charge is 0.495 e. The molecule has 6 nitrogen and oxygen atoms in total. The minimum absolute atomic E-state index is 0.206. The molecule has 0 saturated heterocycles. The van der Waals surface area contributed by atoms with Gasteiger partial charge < -0.3 is 20.1 Å². The molecule has 0 bridgehead atoms. The molecule has 27 heavy (non-hydrogen) atoms. The Morgan fingerprint density at radius 3 is 2.74 bits per heavy atom. The zero-order valence-corrected chi connectivity index (χ0v) is 14.9. The van der Waals surface area contributed by atoms with E-state index in [9.17, 15) is 4.79 Å². The van der Waals surface area contributed by atoms with Crippen LogP contribution in [-0.4, -0.2) is 31.3 Å². The summed E-state index contributed by atoms with van der Waals surface area (Å²) in [6.07, 6.45) is 1.73. The van der Waals surface area contributed by atoms with Gasteiger partial charge in [-0.2, -0.15) is 0 Å². The fourth-order valence-electron chi connectivity index (χ4n) is 2.46. The van der Waals surface area contributed by atoms with E-state index >= 15 is 0 Å². The highest BCUT2D eigenvalue weighted by atomic mass is 16.5. The molecule has 136 valence electrons. The van der Waals surface area contributed by atoms with E-state index in [0.29, 0.717) is 17.2 Å². The number of hydrogen-bond donors (Lipinski definition) is 2. The van der Waals surface area contributed by atoms with E-state index in [1.165, 1.54) is 0 Å². The Bertz CT molecular complexity index is 987. The smallest absolute Gasteiger partial charge is 0.320 e. The van der Waals surface area contributed by atoms with Crippen molar-refractivity contribution in [2.75, 3.05) is 25.6 Å². The summed E-state index contributed by atoms with van der Waals surface area (Å²) in [6.45, 7) is 0.420. The van der Waals surface area contributed by atoms with Crippen molar-refractivity contribution in [2.45, 2.75) is 0 Å². The van der Waals surface area contributed by atoms with E-state index in [1.807, 2.05) is 42.5 Å². The molecule has 0 aliphatic heterocycles. The van der Waals surface area contributed by atoms with Gasteiger partial charge in [0.2, 0.25) is 0 Å². The van der Waals surface area contributed by atoms with Crippen LogP contribution in [0.4, 0.5) is 10.5 Å². The predicted molar refractivity (Wildman–Crippen MR) is 105 cm³/mol. The molecule has 2 aromatic carbocycles. The molecule has 1 aromatic heterocycles. The Morgan fingerprint density at radius 2 is 1.85 bits per heavy atom. The first kappa shape index (κ1) is 18.1. The Labute approximate surface area is 157 Å². The third kappa shape index (κ3) is 4.89. The second-order valence-corrected chi connectivity index (χ2v) is 5.48. The molecule has 0 unspecified atom stereocenters. The summed E-state index contributed by atoms with van der Waals surface area (Å²) in [5.41, 5.74) is 1.40. The van der Waals surface area contributed by atoms with Gasteiger partial charge in [-0.25, -0.2) is 4.79 Å². The van der Waals surface area contributed by atoms with Crippen LogP contribution in [0.2, 0.25) is 0 Å². The van der Waals surface area contributed by atoms with Crippen LogP contribution >= 0.6 is 0 Å². The van der Waals surface area contributed by atoms with Crippen LogP contribution in [0.25, 0.3) is 10.9 Å². The van der Waals surface area contributed by atoms with Crippen molar-refractivity contribution in [1.82, 2.24) is 10.3 Å². The van der Waals surface area contributed by atoms with Crippen LogP contribution in [0, 0.1) is 11.8 Å². The molecular weight excluding hydrogens is 342 g/mol. The van der Waals surface area contributed by atoms with Gasteiger partial charge >= 0.3 is 6.03 Å². The number of fused-ring (bicyclic) bond motifs is 1. The van der Waals surface area contributed by atoms with Crippen LogP contribution < -0.4 is 20.1 Å². The van der Waals surface area contributed by atoms with Crippen molar-refractivity contribution in [3.63, 3.8) is 0 Å². The Hall–Kier alpha value is -3.72. The minimum Gasteiger partial charge on any atom is -0.495 e. The normalized spacial score (nSPS) is 9.81. The highest BCUT2D eigenvalue weighted by Crippen LogP contribution is 2.23. The molecule has 0 saturated carbocycles. The van der Waals surface area contributed by atoms with Gasteiger partial charge in [0.1, 0.15) is 23.6 Å². The van der Waals surface area contributed by atoms with Crippen LogP contribution in [0.15, 0.2) is 60.8 Å². The number of rotatable bonds is 5. The highest BCUT2D eigenvalue weighted by molar-refractivity contribution is 5.91. The molecule has 2 amide bonds. The van der Waals surface area contributed by atoms with Gasteiger partial charge in [-0.3, -0.25) is 4.98 Å². The highest BCUT2D eigenvalue weighted by Gasteiger charge is 2.05. The average Bonchev–Trinajstić information content (AvgIpc) is 2.71. The summed E-state index contributed by atoms with van der Waals surface area (Å²) in [4.78, 5) is 16.2. The van der Waals surface area contributed by atoms with Crippen molar-refractivity contribution in [2.24, 2.45) is 0 Å². The van der Waals surface area contributed by atoms with E-state index in [-0.39, 0.29) is 19.2 Å². The standard InChI is InChI=1S/C21H19N3O3/c1-26-18-11-3-2-10-17(18)24-21(25)23-13-4-5-15-27-19-12-6-8-16-9-7-14-22-20(16)19/h2-3,6-12,14H,13,15H2,1H3,(H2,23,24,25). The van der Waals surface area contributed by atoms with Gasteiger partial charge in [-0.05, 0) is 24.3 Å². The maximum absolute atomic E-state index is 11.9. The van der Waals surface area contributed by atoms with Gasteiger partial charge in [0, 0.05) is 11.6 Å². The molecule has 2 N–H and O–H groups in total. The van der Waals surface area contributed by atoms with Crippen LogP contribution in [0.3, 0.4) is 0 Å². The van der Waals surface area contributed by atoms with Crippen molar-refractivity contribution in [3.8, 4) is 23.3 Å². The number of anilines is 1. The first-order valence-electron chi connectivity index (χ1n) is 8.38. The van der Waals surface area contributed by atoms with E-state index in [4.69, 9.17) is 9.47 Å². The zero-order valence-electron chi connectivity index (χ0n) is 14.9. The monoisotopic (exact) mass is 361 g/mol. The summed E-state index contributed by atoms with van der Waals surface area (Å²) in [7, 11) is 1.55. The molecule has 3 aromatic rings. The number of nitrogens with zero attached hydrogens (tertiary/aromatic N) is 1. The number of ether oxygens (including phenoxy) is 2. The van der Waals surface area contributed by atoms with Crippen molar-refractivity contribution >= 4 is 22.6 Å². The third-order valence-electron chi connectivity index (χ3n) is 3.71. The minimum atomic E-state index is -0.354. The van der Waals surface area contributed by atoms with E-state index in [0.717, 1.165) is 10.9 Å². The Morgan fingerprint density at radius 1 is 1.04 bits per heavy atom. The van der Waals surface area contributed by atoms with Crippen molar-refractivity contribution in [3.05, 3.63) is 60.8 Å². The first-order valence-corrected chi connectivity index (χ1v) is 8.38. The van der Waals surface area contributed by atoms with Gasteiger partial charge in [0.15, 0.2) is 0 Å². The van der Waals surface area contributed by atoms with Crippen molar-refractivity contribution < 1.29 is 14.3 Å². The third-order valence-corrected chi connectivity index (χ3v) is 3.71. The number of aromatic nitrogens is 1. The summed E-state index contributed by atoms with van der Waals surface area (Å²) < 4.78 is 10.9. The number of nitrogens with one attached hydrogen (secondary N) is 2. The second-order valence-electron chi connectivity index (χ2n) is 5.48. The van der Waals surface area contributed by atoms with Gasteiger partial charge in [-0.1, -0.05) is 42.2 Å². The second kappa shape index (κ2) is 9.11. The topological polar surface area (TPSA) is 72.5 Å². The Balaban J connectivity index is 1.46. The summed E-state index contributed by atoms with van der Waals surface area (Å²) >= 11 is 0. The fraction of sp³-hybridized carbons (Fsp3) is 0.143. The molecule has 0 fully saturated rings. The number of urea groups is 1. The lowest BCUT2D eigenvalue weighted by Crippen LogP contribution is -2.29. The first-order chi connectivity index (χ1) is 13.3. The van der Waals surface area contributed by atoms with Crippen molar-refractivity contribution in [1.29, 1.82) is 0 Å². The van der Waals surface area contributed by atoms with Gasteiger partial charge in [-0.15, -0.1) is 0 Å². The molecule has 0 aliphatic rings. The molecule has 0 atom stereocenters. The number of methoxy groups -OCH3 is 1. The average molecular weight is 361 g/mol. The summed E-state index contributed by atoms with van der Waals surface area (Å²) in [5, 5.41) is 6.39. The summed E-state index contributed by atoms with van der Waals surface area (Å²) in [6, 6.07) is 16.4. The SMILES string of the molecule is COc1ccccc1NC(=O)NCC#CCOc1cccc2cccnc12. The quantitative estimate of drug-likeness (QED) is 0.683. The molecule has 6 heteroatoms. The number of pyridine rings is 1. The number of para-hydroxylation sites is 3. The summed E-state index contributed by atoms with van der Waals surface area (Å²) in [5.74, 6) is 7.00. The molecular formula is C21H19N3O3. The van der Waals surface area contributed by atoms with E-state index < -0.39 is 0 Å². The van der Waals surface area contributed by atoms with Gasteiger partial charge in [0.25, 0.3) is 0 Å². The van der Waals surface area contributed by atoms with E-state index in [1.54, 1.807) is 25.4 Å². The lowest BCUT2D eigenvalue weighted by molar-refractivity contribution is 0.253. The number of amides is 2. The predicted octanol–water partition coefficient (Wildman–Crippen LogP) is 3.45. The Kier molecular flexibility index (Phi) is 6.10. The number of hydrogen-bond acceptors (Lipinski definition) is 4. The van der Waals surface area contributed by atoms with Crippen LogP contribution in [-0.2, 0) is 0 Å². The lowest BCUT2D eigenvalue weighted by atomic mass is 10.2. The van der Waals surface area contributed by atoms with Crippen LogP contribution in [0.5, 0.6) is 11.5 Å². The van der Waals surface area contributed by atoms with E-state index in [2.05, 4.69) is 27.5 Å². The maximum Gasteiger partial charge on any atom is 0.320 e. The number of carbonyl (C=O) groups is 1. The fourth-order valence-corrected chi connectivity index (χ4v) is 2.46. The maximum atomic E-state index is 11.9. The zero-order chi connectivity index (χ0) is 18.9.